The zero-order chi connectivity index (χ0) is 32.9. The van der Waals surface area contributed by atoms with Gasteiger partial charge in [-0.05, 0) is 57.9 Å². The Bertz CT molecular complexity index is 762. The topological polar surface area (TPSA) is 211 Å². The molecule has 11 nitrogen and oxygen atoms in total. The largest absolute Gasteiger partial charge is 0.393 e. The van der Waals surface area contributed by atoms with Gasteiger partial charge in [0, 0.05) is 31.2 Å². The highest BCUT2D eigenvalue weighted by Gasteiger charge is 2.20. The van der Waals surface area contributed by atoms with Gasteiger partial charge in [0.1, 0.15) is 5.78 Å². The van der Waals surface area contributed by atoms with Crippen LogP contribution in [0.25, 0.3) is 0 Å². The van der Waals surface area contributed by atoms with Crippen molar-refractivity contribution in [2.24, 2.45) is 5.92 Å². The van der Waals surface area contributed by atoms with Crippen LogP contribution in [-0.2, 0) is 4.79 Å². The zero-order valence-electron chi connectivity index (χ0n) is 26.6. The molecule has 0 saturated carbocycles. The number of carbonyl (C=O) groups excluding carboxylic acids is 1. The second kappa shape index (κ2) is 24.0. The van der Waals surface area contributed by atoms with E-state index in [0.717, 1.165) is 13.0 Å². The molecular formula is C32H61NO10. The van der Waals surface area contributed by atoms with E-state index in [1.165, 1.54) is 18.2 Å². The Labute approximate surface area is 258 Å². The van der Waals surface area contributed by atoms with Gasteiger partial charge in [-0.25, -0.2) is 0 Å². The van der Waals surface area contributed by atoms with Crippen LogP contribution in [-0.4, -0.2) is 119 Å². The van der Waals surface area contributed by atoms with E-state index >= 15 is 0 Å². The molecule has 0 bridgehead atoms. The molecule has 11 heteroatoms. The number of carbonyl (C=O) groups is 1. The van der Waals surface area contributed by atoms with Gasteiger partial charge in [0.2, 0.25) is 0 Å². The van der Waals surface area contributed by atoms with Crippen LogP contribution >= 0.6 is 0 Å². The molecule has 254 valence electrons. The predicted molar refractivity (Wildman–Crippen MR) is 166 cm³/mol. The van der Waals surface area contributed by atoms with Gasteiger partial charge in [-0.3, -0.25) is 4.79 Å². The van der Waals surface area contributed by atoms with Gasteiger partial charge >= 0.3 is 0 Å². The summed E-state index contributed by atoms with van der Waals surface area (Å²) in [4.78, 5) is 11.7. The Morgan fingerprint density at radius 1 is 0.581 bits per heavy atom. The number of aliphatic hydroxyl groups is 9. The summed E-state index contributed by atoms with van der Waals surface area (Å²) in [6, 6.07) is 0.387. The van der Waals surface area contributed by atoms with Crippen LogP contribution in [0.2, 0.25) is 0 Å². The number of Topliss-reactive ketones (excluding diaryl/α,β-unsaturated/α-hetero) is 1. The van der Waals surface area contributed by atoms with Crippen molar-refractivity contribution in [3.05, 3.63) is 24.3 Å². The molecule has 0 aliphatic carbocycles. The minimum Gasteiger partial charge on any atom is -0.393 e. The van der Waals surface area contributed by atoms with E-state index in [2.05, 4.69) is 19.2 Å². The van der Waals surface area contributed by atoms with Crippen LogP contribution in [0.5, 0.6) is 0 Å². The number of rotatable bonds is 26. The van der Waals surface area contributed by atoms with E-state index < -0.39 is 54.9 Å². The number of hydrogen-bond acceptors (Lipinski definition) is 11. The maximum absolute atomic E-state index is 11.7. The highest BCUT2D eigenvalue weighted by atomic mass is 16.3. The summed E-state index contributed by atoms with van der Waals surface area (Å²) in [7, 11) is 0. The molecule has 0 radical (unpaired) electrons. The van der Waals surface area contributed by atoms with Gasteiger partial charge in [-0.15, -0.1) is 0 Å². The van der Waals surface area contributed by atoms with Crippen LogP contribution in [0.1, 0.15) is 98.3 Å². The summed E-state index contributed by atoms with van der Waals surface area (Å²) < 4.78 is 0. The molecule has 0 amide bonds. The fraction of sp³-hybridized carbons (Fsp3) is 0.844. The van der Waals surface area contributed by atoms with Gasteiger partial charge in [-0.2, -0.15) is 0 Å². The molecule has 0 fully saturated rings. The molecule has 0 aromatic rings. The number of ketones is 1. The zero-order valence-corrected chi connectivity index (χ0v) is 26.6. The molecule has 0 spiro atoms. The molecule has 0 aromatic carbocycles. The van der Waals surface area contributed by atoms with Crippen molar-refractivity contribution < 1.29 is 50.8 Å². The summed E-state index contributed by atoms with van der Waals surface area (Å²) in [6.45, 7) is 8.38. The molecule has 0 aliphatic heterocycles. The lowest BCUT2D eigenvalue weighted by atomic mass is 9.97. The first-order valence-electron chi connectivity index (χ1n) is 15.8. The first-order chi connectivity index (χ1) is 20.1. The third-order valence-electron chi connectivity index (χ3n) is 7.08. The van der Waals surface area contributed by atoms with E-state index in [4.69, 9.17) is 0 Å². The smallest absolute Gasteiger partial charge is 0.137 e. The van der Waals surface area contributed by atoms with Crippen molar-refractivity contribution in [3.63, 3.8) is 0 Å². The molecule has 0 aliphatic rings. The van der Waals surface area contributed by atoms with Crippen LogP contribution in [0.4, 0.5) is 0 Å². The predicted octanol–water partition coefficient (Wildman–Crippen LogP) is 0.861. The quantitative estimate of drug-likeness (QED) is 0.0485. The molecule has 0 saturated heterocycles. The maximum atomic E-state index is 11.7. The number of hydrogen-bond donors (Lipinski definition) is 10. The monoisotopic (exact) mass is 619 g/mol. The Morgan fingerprint density at radius 2 is 1.00 bits per heavy atom. The highest BCUT2D eigenvalue weighted by Crippen LogP contribution is 2.15. The van der Waals surface area contributed by atoms with Crippen molar-refractivity contribution in [2.45, 2.75) is 159 Å². The Hall–Kier alpha value is -1.25. The SMILES string of the molecule is CC(C)NCCCC(O)CC(O)C/C=C/C(O)CC(O)CC(O)CC(O)C/C=C/C(O)CC(O)CC(O)CC(=O)C(C)C. The molecular weight excluding hydrogens is 558 g/mol. The van der Waals surface area contributed by atoms with E-state index in [1.807, 2.05) is 0 Å². The molecule has 9 atom stereocenters. The molecule has 10 N–H and O–H groups in total. The van der Waals surface area contributed by atoms with E-state index in [-0.39, 0.29) is 69.5 Å². The summed E-state index contributed by atoms with van der Waals surface area (Å²) >= 11 is 0. The van der Waals surface area contributed by atoms with Gasteiger partial charge < -0.3 is 51.3 Å². The first-order valence-corrected chi connectivity index (χ1v) is 15.8. The van der Waals surface area contributed by atoms with Gasteiger partial charge in [0.25, 0.3) is 0 Å². The molecule has 9 unspecified atom stereocenters. The average Bonchev–Trinajstić information content (AvgIpc) is 2.85. The molecule has 0 aromatic heterocycles. The van der Waals surface area contributed by atoms with Crippen LogP contribution in [0.3, 0.4) is 0 Å². The third kappa shape index (κ3) is 24.7. The van der Waals surface area contributed by atoms with Crippen molar-refractivity contribution in [1.82, 2.24) is 5.32 Å². The Morgan fingerprint density at radius 3 is 1.47 bits per heavy atom. The van der Waals surface area contributed by atoms with E-state index in [9.17, 15) is 50.8 Å². The second-order valence-electron chi connectivity index (χ2n) is 12.5. The van der Waals surface area contributed by atoms with E-state index in [1.54, 1.807) is 19.9 Å². The van der Waals surface area contributed by atoms with Crippen LogP contribution < -0.4 is 5.32 Å². The molecule has 43 heavy (non-hydrogen) atoms. The Balaban J connectivity index is 4.22. The second-order valence-corrected chi connectivity index (χ2v) is 12.5. The lowest BCUT2D eigenvalue weighted by Gasteiger charge is -2.19. The van der Waals surface area contributed by atoms with Crippen molar-refractivity contribution in [3.8, 4) is 0 Å². The van der Waals surface area contributed by atoms with Crippen LogP contribution in [0.15, 0.2) is 24.3 Å². The van der Waals surface area contributed by atoms with Crippen molar-refractivity contribution in [1.29, 1.82) is 0 Å². The summed E-state index contributed by atoms with van der Waals surface area (Å²) in [6.07, 6.45) is -0.516. The normalized spacial score (nSPS) is 19.0. The minimum absolute atomic E-state index is 0.0236. The lowest BCUT2D eigenvalue weighted by Crippen LogP contribution is -2.25. The average molecular weight is 620 g/mol. The molecule has 0 rings (SSSR count). The molecule has 0 heterocycles. The van der Waals surface area contributed by atoms with Crippen molar-refractivity contribution in [2.75, 3.05) is 6.54 Å². The maximum Gasteiger partial charge on any atom is 0.137 e. The number of aliphatic hydroxyl groups excluding tert-OH is 9. The minimum atomic E-state index is -1.02. The lowest BCUT2D eigenvalue weighted by molar-refractivity contribution is -0.124. The highest BCUT2D eigenvalue weighted by molar-refractivity contribution is 5.80. The third-order valence-corrected chi connectivity index (χ3v) is 7.08. The Kier molecular flexibility index (Phi) is 23.3. The van der Waals surface area contributed by atoms with Crippen LogP contribution in [0, 0.1) is 5.92 Å². The van der Waals surface area contributed by atoms with Crippen molar-refractivity contribution >= 4 is 5.78 Å². The number of nitrogens with one attached hydrogen (secondary N) is 1. The summed E-state index contributed by atoms with van der Waals surface area (Å²) in [5, 5.41) is 94.2. The summed E-state index contributed by atoms with van der Waals surface area (Å²) in [5.74, 6) is -0.301. The van der Waals surface area contributed by atoms with Gasteiger partial charge in [0.15, 0.2) is 0 Å². The summed E-state index contributed by atoms with van der Waals surface area (Å²) in [5.41, 5.74) is 0. The fourth-order valence-electron chi connectivity index (χ4n) is 4.64. The van der Waals surface area contributed by atoms with Gasteiger partial charge in [-0.1, -0.05) is 52.0 Å². The standard InChI is InChI=1S/C32H61NO10/c1-21(2)32(43)20-31(42)19-30(41)17-26(37)11-6-10-25(36)16-29(40)18-28(39)15-24(35)9-5-8-23(34)14-27(38)12-7-13-33-22(3)4/h5-6,9,11,21-31,33-42H,7-8,10,12-20H2,1-4H3/b9-5+,11-6+. The first kappa shape index (κ1) is 41.8. The van der Waals surface area contributed by atoms with E-state index in [0.29, 0.717) is 12.5 Å². The fourth-order valence-corrected chi connectivity index (χ4v) is 4.64. The van der Waals surface area contributed by atoms with Gasteiger partial charge in [0.05, 0.1) is 54.9 Å².